The first-order valence-corrected chi connectivity index (χ1v) is 5.83. The molecule has 0 aliphatic carbocycles. The Morgan fingerprint density at radius 3 is 2.74 bits per heavy atom. The maximum absolute atomic E-state index is 13.6. The normalized spacial score (nSPS) is 10.5. The van der Waals surface area contributed by atoms with Gasteiger partial charge in [0.1, 0.15) is 11.5 Å². The number of hydrogen-bond acceptors (Lipinski definition) is 3. The predicted octanol–water partition coefficient (Wildman–Crippen LogP) is 2.36. The number of halogens is 2. The summed E-state index contributed by atoms with van der Waals surface area (Å²) in [7, 11) is 1.59. The number of anilines is 2. The van der Waals surface area contributed by atoms with E-state index < -0.39 is 11.7 Å². The minimum absolute atomic E-state index is 0.0349. The molecule has 0 spiro atoms. The van der Waals surface area contributed by atoms with E-state index in [-0.39, 0.29) is 22.1 Å². The van der Waals surface area contributed by atoms with Crippen LogP contribution in [0, 0.1) is 12.7 Å². The Balaban J connectivity index is 2.31. The SMILES string of the molecule is Cc1nn(C)c(C(=O)Nc2ccc(Cl)cc2F)c1N. The van der Waals surface area contributed by atoms with E-state index in [4.69, 9.17) is 17.3 Å². The molecule has 2 rings (SSSR count). The largest absolute Gasteiger partial charge is 0.395 e. The summed E-state index contributed by atoms with van der Waals surface area (Å²) in [5.74, 6) is -1.14. The van der Waals surface area contributed by atoms with Gasteiger partial charge in [-0.1, -0.05) is 11.6 Å². The van der Waals surface area contributed by atoms with Crippen LogP contribution in [0.3, 0.4) is 0 Å². The standard InChI is InChI=1S/C12H12ClFN4O/c1-6-10(15)11(18(2)17-6)12(19)16-9-4-3-7(13)5-8(9)14/h3-5H,15H2,1-2H3,(H,16,19). The molecule has 5 nitrogen and oxygen atoms in total. The molecule has 0 unspecified atom stereocenters. The summed E-state index contributed by atoms with van der Waals surface area (Å²) in [6.07, 6.45) is 0. The molecule has 0 radical (unpaired) electrons. The minimum Gasteiger partial charge on any atom is -0.395 e. The van der Waals surface area contributed by atoms with E-state index in [1.54, 1.807) is 14.0 Å². The zero-order chi connectivity index (χ0) is 14.2. The van der Waals surface area contributed by atoms with Gasteiger partial charge < -0.3 is 11.1 Å². The number of amides is 1. The van der Waals surface area contributed by atoms with Crippen LogP contribution in [0.4, 0.5) is 15.8 Å². The number of rotatable bonds is 2. The lowest BCUT2D eigenvalue weighted by atomic mass is 10.2. The summed E-state index contributed by atoms with van der Waals surface area (Å²) in [5.41, 5.74) is 6.80. The molecule has 1 aromatic carbocycles. The zero-order valence-electron chi connectivity index (χ0n) is 10.4. The van der Waals surface area contributed by atoms with Crippen LogP contribution in [0.1, 0.15) is 16.2 Å². The van der Waals surface area contributed by atoms with Crippen LogP contribution in [0.2, 0.25) is 5.02 Å². The van der Waals surface area contributed by atoms with Crippen LogP contribution in [0.25, 0.3) is 0 Å². The van der Waals surface area contributed by atoms with Gasteiger partial charge in [-0.05, 0) is 25.1 Å². The fourth-order valence-corrected chi connectivity index (χ4v) is 1.87. The Morgan fingerprint density at radius 1 is 1.53 bits per heavy atom. The Kier molecular flexibility index (Phi) is 3.44. The molecule has 100 valence electrons. The summed E-state index contributed by atoms with van der Waals surface area (Å²) in [6.45, 7) is 1.69. The van der Waals surface area contributed by atoms with Crippen LogP contribution >= 0.6 is 11.6 Å². The molecule has 0 fully saturated rings. The molecular formula is C12H12ClFN4O. The number of benzene rings is 1. The van der Waals surface area contributed by atoms with Gasteiger partial charge >= 0.3 is 0 Å². The Morgan fingerprint density at radius 2 is 2.21 bits per heavy atom. The highest BCUT2D eigenvalue weighted by molar-refractivity contribution is 6.30. The number of nitrogens with one attached hydrogen (secondary N) is 1. The van der Waals surface area contributed by atoms with Gasteiger partial charge in [0.05, 0.1) is 17.1 Å². The third-order valence-electron chi connectivity index (χ3n) is 2.66. The maximum Gasteiger partial charge on any atom is 0.276 e. The van der Waals surface area contributed by atoms with Gasteiger partial charge in [-0.2, -0.15) is 5.10 Å². The molecule has 19 heavy (non-hydrogen) atoms. The first kappa shape index (κ1) is 13.4. The van der Waals surface area contributed by atoms with Gasteiger partial charge in [0, 0.05) is 12.1 Å². The van der Waals surface area contributed by atoms with Crippen molar-refractivity contribution in [1.82, 2.24) is 9.78 Å². The monoisotopic (exact) mass is 282 g/mol. The van der Waals surface area contributed by atoms with Crippen molar-refractivity contribution in [3.63, 3.8) is 0 Å². The smallest absolute Gasteiger partial charge is 0.276 e. The van der Waals surface area contributed by atoms with Gasteiger partial charge in [0.15, 0.2) is 0 Å². The van der Waals surface area contributed by atoms with Crippen molar-refractivity contribution >= 4 is 28.9 Å². The fraction of sp³-hybridized carbons (Fsp3) is 0.167. The van der Waals surface area contributed by atoms with Crippen LogP contribution in [-0.2, 0) is 7.05 Å². The number of carbonyl (C=O) groups excluding carboxylic acids is 1. The quantitative estimate of drug-likeness (QED) is 0.888. The molecular weight excluding hydrogens is 271 g/mol. The second kappa shape index (κ2) is 4.89. The number of aromatic nitrogens is 2. The predicted molar refractivity (Wildman–Crippen MR) is 71.7 cm³/mol. The molecule has 0 bridgehead atoms. The first-order chi connectivity index (χ1) is 8.90. The van der Waals surface area contributed by atoms with E-state index in [1.165, 1.54) is 16.8 Å². The van der Waals surface area contributed by atoms with Crippen LogP contribution in [0.15, 0.2) is 18.2 Å². The highest BCUT2D eigenvalue weighted by Crippen LogP contribution is 2.21. The number of nitrogen functional groups attached to an aromatic ring is 1. The van der Waals surface area contributed by atoms with Crippen LogP contribution in [-0.4, -0.2) is 15.7 Å². The molecule has 1 amide bonds. The average Bonchev–Trinajstić information content (AvgIpc) is 2.57. The summed E-state index contributed by atoms with van der Waals surface area (Å²) in [5, 5.41) is 6.72. The van der Waals surface area contributed by atoms with E-state index >= 15 is 0 Å². The van der Waals surface area contributed by atoms with Gasteiger partial charge in [-0.3, -0.25) is 9.48 Å². The molecule has 0 saturated heterocycles. The number of nitrogens with two attached hydrogens (primary N) is 1. The van der Waals surface area contributed by atoms with Crippen molar-refractivity contribution < 1.29 is 9.18 Å². The van der Waals surface area contributed by atoms with Gasteiger partial charge in [0.2, 0.25) is 0 Å². The van der Waals surface area contributed by atoms with Crippen molar-refractivity contribution in [2.45, 2.75) is 6.92 Å². The molecule has 1 aromatic heterocycles. The lowest BCUT2D eigenvalue weighted by Crippen LogP contribution is -2.18. The third kappa shape index (κ3) is 2.53. The summed E-state index contributed by atoms with van der Waals surface area (Å²) >= 11 is 5.64. The number of carbonyl (C=O) groups is 1. The van der Waals surface area contributed by atoms with Crippen molar-refractivity contribution in [3.8, 4) is 0 Å². The first-order valence-electron chi connectivity index (χ1n) is 5.45. The average molecular weight is 283 g/mol. The Bertz CT molecular complexity index is 653. The molecule has 0 atom stereocenters. The minimum atomic E-state index is -0.613. The number of aryl methyl sites for hydroxylation is 2. The van der Waals surface area contributed by atoms with Crippen molar-refractivity contribution in [3.05, 3.63) is 40.4 Å². The summed E-state index contributed by atoms with van der Waals surface area (Å²) in [6, 6.07) is 3.99. The van der Waals surface area contributed by atoms with E-state index in [0.29, 0.717) is 5.69 Å². The van der Waals surface area contributed by atoms with E-state index in [1.807, 2.05) is 0 Å². The van der Waals surface area contributed by atoms with Crippen molar-refractivity contribution in [1.29, 1.82) is 0 Å². The molecule has 0 saturated carbocycles. The maximum atomic E-state index is 13.6. The van der Waals surface area contributed by atoms with Gasteiger partial charge in [-0.25, -0.2) is 4.39 Å². The highest BCUT2D eigenvalue weighted by Gasteiger charge is 2.19. The highest BCUT2D eigenvalue weighted by atomic mass is 35.5. The molecule has 2 aromatic rings. The molecule has 3 N–H and O–H groups in total. The van der Waals surface area contributed by atoms with Crippen molar-refractivity contribution in [2.75, 3.05) is 11.1 Å². The van der Waals surface area contributed by atoms with Gasteiger partial charge in [0.25, 0.3) is 5.91 Å². The third-order valence-corrected chi connectivity index (χ3v) is 2.90. The second-order valence-corrected chi connectivity index (χ2v) is 4.49. The number of nitrogens with zero attached hydrogens (tertiary/aromatic N) is 2. The molecule has 0 aliphatic heterocycles. The van der Waals surface area contributed by atoms with E-state index in [0.717, 1.165) is 6.07 Å². The lowest BCUT2D eigenvalue weighted by molar-refractivity contribution is 0.101. The van der Waals surface area contributed by atoms with Crippen LogP contribution in [0.5, 0.6) is 0 Å². The number of hydrogen-bond donors (Lipinski definition) is 2. The zero-order valence-corrected chi connectivity index (χ0v) is 11.1. The van der Waals surface area contributed by atoms with Crippen molar-refractivity contribution in [2.24, 2.45) is 7.05 Å². The molecule has 7 heteroatoms. The molecule has 0 aliphatic rings. The summed E-state index contributed by atoms with van der Waals surface area (Å²) in [4.78, 5) is 12.1. The fourth-order valence-electron chi connectivity index (χ4n) is 1.72. The van der Waals surface area contributed by atoms with Crippen LogP contribution < -0.4 is 11.1 Å². The molecule has 1 heterocycles. The Labute approximate surface area is 114 Å². The van der Waals surface area contributed by atoms with Gasteiger partial charge in [-0.15, -0.1) is 0 Å². The van der Waals surface area contributed by atoms with E-state index in [9.17, 15) is 9.18 Å². The van der Waals surface area contributed by atoms with E-state index in [2.05, 4.69) is 10.4 Å². The topological polar surface area (TPSA) is 72.9 Å². The second-order valence-electron chi connectivity index (χ2n) is 4.05. The summed E-state index contributed by atoms with van der Waals surface area (Å²) < 4.78 is 14.9. The Hall–Kier alpha value is -2.08. The lowest BCUT2D eigenvalue weighted by Gasteiger charge is -2.07.